The molecule has 0 bridgehead atoms. The summed E-state index contributed by atoms with van der Waals surface area (Å²) < 4.78 is 13.5. The number of nitrogens with zero attached hydrogens (tertiary/aromatic N) is 2. The van der Waals surface area contributed by atoms with Gasteiger partial charge in [-0.3, -0.25) is 18.7 Å². The highest BCUT2D eigenvalue weighted by Crippen LogP contribution is 2.31. The number of benzene rings is 2. The van der Waals surface area contributed by atoms with Crippen molar-refractivity contribution in [1.29, 1.82) is 0 Å². The van der Waals surface area contributed by atoms with Crippen LogP contribution in [0.15, 0.2) is 46.0 Å². The molecule has 0 spiro atoms. The van der Waals surface area contributed by atoms with Crippen molar-refractivity contribution in [3.8, 4) is 11.5 Å². The summed E-state index contributed by atoms with van der Waals surface area (Å²) in [5, 5.41) is 3.18. The number of carbonyl (C=O) groups is 1. The Morgan fingerprint density at radius 3 is 2.26 bits per heavy atom. The van der Waals surface area contributed by atoms with Crippen LogP contribution in [0.5, 0.6) is 11.5 Å². The molecule has 8 nitrogen and oxygen atoms in total. The van der Waals surface area contributed by atoms with Gasteiger partial charge in [0.15, 0.2) is 11.5 Å². The van der Waals surface area contributed by atoms with Gasteiger partial charge in [0.1, 0.15) is 6.54 Å². The van der Waals surface area contributed by atoms with E-state index in [1.165, 1.54) is 28.9 Å². The Morgan fingerprint density at radius 2 is 1.65 bits per heavy atom. The first-order chi connectivity index (χ1) is 16.5. The molecule has 1 N–H and O–H groups in total. The molecule has 180 valence electrons. The Hall–Kier alpha value is -3.55. The molecule has 0 atom stereocenters. The van der Waals surface area contributed by atoms with Crippen molar-refractivity contribution >= 4 is 22.5 Å². The minimum Gasteiger partial charge on any atom is -0.493 e. The predicted molar refractivity (Wildman–Crippen MR) is 132 cm³/mol. The van der Waals surface area contributed by atoms with Gasteiger partial charge in [0.2, 0.25) is 5.91 Å². The molecule has 0 unspecified atom stereocenters. The van der Waals surface area contributed by atoms with Crippen LogP contribution in [0.2, 0.25) is 0 Å². The molecule has 1 aliphatic rings. The Kier molecular flexibility index (Phi) is 7.05. The van der Waals surface area contributed by atoms with E-state index in [0.29, 0.717) is 28.1 Å². The van der Waals surface area contributed by atoms with Gasteiger partial charge in [0.25, 0.3) is 5.56 Å². The Bertz CT molecular complexity index is 1300. The monoisotopic (exact) mass is 465 g/mol. The van der Waals surface area contributed by atoms with Gasteiger partial charge in [-0.15, -0.1) is 0 Å². The van der Waals surface area contributed by atoms with Gasteiger partial charge in [0.05, 0.1) is 25.1 Å². The summed E-state index contributed by atoms with van der Waals surface area (Å²) >= 11 is 0. The number of ether oxygens (including phenoxy) is 2. The van der Waals surface area contributed by atoms with Crippen LogP contribution in [-0.2, 0) is 17.8 Å². The van der Waals surface area contributed by atoms with Crippen LogP contribution in [0.3, 0.4) is 0 Å². The number of fused-ring (bicyclic) bond motifs is 1. The number of amides is 1. The van der Waals surface area contributed by atoms with E-state index in [2.05, 4.69) is 12.2 Å². The van der Waals surface area contributed by atoms with Crippen molar-refractivity contribution in [3.63, 3.8) is 0 Å². The Labute approximate surface area is 198 Å². The summed E-state index contributed by atoms with van der Waals surface area (Å²) in [6.45, 7) is 1.84. The second-order valence-electron chi connectivity index (χ2n) is 8.66. The summed E-state index contributed by atoms with van der Waals surface area (Å²) in [5.74, 6) is 0.428. The lowest BCUT2D eigenvalue weighted by molar-refractivity contribution is -0.116. The zero-order chi connectivity index (χ0) is 24.2. The van der Waals surface area contributed by atoms with Crippen LogP contribution in [-0.4, -0.2) is 29.3 Å². The summed E-state index contributed by atoms with van der Waals surface area (Å²) in [4.78, 5) is 40.0. The summed E-state index contributed by atoms with van der Waals surface area (Å²) in [5.41, 5.74) is 1.32. The van der Waals surface area contributed by atoms with Gasteiger partial charge in [-0.2, -0.15) is 0 Å². The maximum Gasteiger partial charge on any atom is 0.332 e. The molecular weight excluding hydrogens is 434 g/mol. The molecule has 1 amide bonds. The lowest BCUT2D eigenvalue weighted by atomic mass is 9.95. The average Bonchev–Trinajstić information content (AvgIpc) is 2.87. The van der Waals surface area contributed by atoms with Crippen molar-refractivity contribution in [2.24, 2.45) is 0 Å². The first kappa shape index (κ1) is 23.6. The smallest absolute Gasteiger partial charge is 0.332 e. The maximum atomic E-state index is 13.6. The highest BCUT2D eigenvalue weighted by atomic mass is 16.5. The number of methoxy groups -OCH3 is 2. The molecule has 0 radical (unpaired) electrons. The molecule has 1 aromatic heterocycles. The van der Waals surface area contributed by atoms with E-state index in [0.717, 1.165) is 38.5 Å². The summed E-state index contributed by atoms with van der Waals surface area (Å²) in [7, 11) is 2.98. The van der Waals surface area contributed by atoms with Crippen LogP contribution in [0, 0.1) is 0 Å². The lowest BCUT2D eigenvalue weighted by Gasteiger charge is -2.25. The van der Waals surface area contributed by atoms with Gasteiger partial charge in [-0.25, -0.2) is 4.79 Å². The van der Waals surface area contributed by atoms with Gasteiger partial charge >= 0.3 is 5.69 Å². The van der Waals surface area contributed by atoms with E-state index in [1.54, 1.807) is 12.1 Å². The molecule has 1 aliphatic carbocycles. The van der Waals surface area contributed by atoms with E-state index >= 15 is 0 Å². The van der Waals surface area contributed by atoms with Crippen molar-refractivity contribution in [2.45, 2.75) is 58.0 Å². The van der Waals surface area contributed by atoms with Crippen molar-refractivity contribution in [1.82, 2.24) is 9.13 Å². The fraction of sp³-hybridized carbons (Fsp3) is 0.423. The third-order valence-electron chi connectivity index (χ3n) is 6.57. The van der Waals surface area contributed by atoms with Crippen LogP contribution >= 0.6 is 0 Å². The molecule has 3 aromatic rings. The van der Waals surface area contributed by atoms with Crippen molar-refractivity contribution in [3.05, 3.63) is 62.8 Å². The minimum atomic E-state index is -0.479. The number of rotatable bonds is 7. The number of carbonyl (C=O) groups excluding carboxylic acids is 1. The molecular formula is C26H31N3O5. The molecule has 1 heterocycles. The highest BCUT2D eigenvalue weighted by molar-refractivity contribution is 5.92. The zero-order valence-electron chi connectivity index (χ0n) is 19.9. The second kappa shape index (κ2) is 10.2. The molecule has 8 heteroatoms. The number of anilines is 1. The molecule has 0 saturated heterocycles. The average molecular weight is 466 g/mol. The van der Waals surface area contributed by atoms with Crippen molar-refractivity contribution in [2.75, 3.05) is 19.5 Å². The van der Waals surface area contributed by atoms with Gasteiger partial charge in [-0.05, 0) is 43.0 Å². The van der Waals surface area contributed by atoms with Gasteiger partial charge < -0.3 is 14.8 Å². The summed E-state index contributed by atoms with van der Waals surface area (Å²) in [6.07, 6.45) is 5.47. The number of hydrogen-bond donors (Lipinski definition) is 1. The largest absolute Gasteiger partial charge is 0.493 e. The topological polar surface area (TPSA) is 91.6 Å². The van der Waals surface area contributed by atoms with E-state index in [1.807, 2.05) is 24.3 Å². The number of aromatic nitrogens is 2. The number of aryl methyl sites for hydroxylation is 1. The second-order valence-corrected chi connectivity index (χ2v) is 8.66. The molecule has 0 aliphatic heterocycles. The fourth-order valence-corrected chi connectivity index (χ4v) is 4.69. The third kappa shape index (κ3) is 4.58. The predicted octanol–water partition coefficient (Wildman–Crippen LogP) is 3.89. The SMILES string of the molecule is CCc1ccc(NC(=O)Cn2c(=O)n(C3CCCCC3)c(=O)c3cc(OC)c(OC)cc32)cc1. The van der Waals surface area contributed by atoms with Crippen molar-refractivity contribution < 1.29 is 14.3 Å². The normalized spacial score (nSPS) is 14.2. The Morgan fingerprint density at radius 1 is 1.00 bits per heavy atom. The lowest BCUT2D eigenvalue weighted by Crippen LogP contribution is -2.44. The summed E-state index contributed by atoms with van der Waals surface area (Å²) in [6, 6.07) is 10.6. The van der Waals surface area contributed by atoms with Gasteiger partial charge in [-0.1, -0.05) is 38.3 Å². The number of hydrogen-bond acceptors (Lipinski definition) is 5. The minimum absolute atomic E-state index is 0.179. The number of nitrogens with one attached hydrogen (secondary N) is 1. The first-order valence-corrected chi connectivity index (χ1v) is 11.8. The third-order valence-corrected chi connectivity index (χ3v) is 6.57. The molecule has 1 saturated carbocycles. The molecule has 4 rings (SSSR count). The van der Waals surface area contributed by atoms with E-state index in [9.17, 15) is 14.4 Å². The van der Waals surface area contributed by atoms with Crippen LogP contribution < -0.4 is 26.0 Å². The molecule has 2 aromatic carbocycles. The van der Waals surface area contributed by atoms with E-state index in [4.69, 9.17) is 9.47 Å². The first-order valence-electron chi connectivity index (χ1n) is 11.8. The Balaban J connectivity index is 1.81. The van der Waals surface area contributed by atoms with E-state index in [-0.39, 0.29) is 24.1 Å². The maximum absolute atomic E-state index is 13.6. The molecule has 34 heavy (non-hydrogen) atoms. The quantitative estimate of drug-likeness (QED) is 0.572. The van der Waals surface area contributed by atoms with E-state index < -0.39 is 5.69 Å². The standard InChI is InChI=1S/C26H31N3O5/c1-4-17-10-12-18(13-11-17)27-24(30)16-28-21-15-23(34-3)22(33-2)14-20(21)25(31)29(26(28)32)19-8-6-5-7-9-19/h10-15,19H,4-9,16H2,1-3H3,(H,27,30). The van der Waals surface area contributed by atoms with Crippen LogP contribution in [0.1, 0.15) is 50.6 Å². The highest BCUT2D eigenvalue weighted by Gasteiger charge is 2.24. The zero-order valence-corrected chi connectivity index (χ0v) is 19.9. The van der Waals surface area contributed by atoms with Crippen LogP contribution in [0.25, 0.3) is 10.9 Å². The molecule has 1 fully saturated rings. The van der Waals surface area contributed by atoms with Gasteiger partial charge in [0, 0.05) is 17.8 Å². The fourth-order valence-electron chi connectivity index (χ4n) is 4.69. The van der Waals surface area contributed by atoms with Crippen LogP contribution in [0.4, 0.5) is 5.69 Å².